The van der Waals surface area contributed by atoms with Gasteiger partial charge in [0, 0.05) is 18.0 Å². The van der Waals surface area contributed by atoms with Crippen LogP contribution in [-0.4, -0.2) is 18.4 Å². The van der Waals surface area contributed by atoms with Gasteiger partial charge in [-0.25, -0.2) is 0 Å². The van der Waals surface area contributed by atoms with Crippen molar-refractivity contribution in [3.8, 4) is 0 Å². The predicted octanol–water partition coefficient (Wildman–Crippen LogP) is 0.348. The minimum atomic E-state index is 0.218. The fourth-order valence-electron chi connectivity index (χ4n) is 1.91. The summed E-state index contributed by atoms with van der Waals surface area (Å²) in [5, 5.41) is 3.34. The number of hydrogen-bond donors (Lipinski definition) is 1. The molecule has 2 heterocycles. The van der Waals surface area contributed by atoms with Crippen molar-refractivity contribution in [1.82, 2.24) is 5.32 Å². The van der Waals surface area contributed by atoms with Crippen LogP contribution < -0.4 is 5.32 Å². The monoisotopic (exact) mass is 137 g/mol. The average molecular weight is 137 g/mol. The van der Waals surface area contributed by atoms with Crippen molar-refractivity contribution in [2.24, 2.45) is 11.8 Å². The standard InChI is InChI=1S/C8H11NO/c1-5-6(4-10)8-3-2-7(5)9-8/h2-9H,1H3. The van der Waals surface area contributed by atoms with Gasteiger partial charge in [-0.2, -0.15) is 0 Å². The van der Waals surface area contributed by atoms with E-state index in [0.29, 0.717) is 18.0 Å². The summed E-state index contributed by atoms with van der Waals surface area (Å²) in [6.45, 7) is 2.13. The van der Waals surface area contributed by atoms with Crippen LogP contribution in [0.3, 0.4) is 0 Å². The van der Waals surface area contributed by atoms with Crippen LogP contribution >= 0.6 is 0 Å². The highest BCUT2D eigenvalue weighted by Gasteiger charge is 2.40. The quantitative estimate of drug-likeness (QED) is 0.417. The number of carbonyl (C=O) groups is 1. The van der Waals surface area contributed by atoms with Crippen molar-refractivity contribution < 1.29 is 4.79 Å². The van der Waals surface area contributed by atoms with E-state index >= 15 is 0 Å². The molecule has 0 saturated carbocycles. The molecule has 2 nitrogen and oxygen atoms in total. The lowest BCUT2D eigenvalue weighted by atomic mass is 9.86. The number of aldehydes is 1. The Balaban J connectivity index is 2.25. The Kier molecular flexibility index (Phi) is 1.17. The van der Waals surface area contributed by atoms with Crippen LogP contribution in [0.2, 0.25) is 0 Å². The van der Waals surface area contributed by atoms with Crippen molar-refractivity contribution >= 4 is 6.29 Å². The third-order valence-corrected chi connectivity index (χ3v) is 2.66. The molecule has 10 heavy (non-hydrogen) atoms. The number of rotatable bonds is 1. The normalized spacial score (nSPS) is 50.1. The Morgan fingerprint density at radius 2 is 2.10 bits per heavy atom. The topological polar surface area (TPSA) is 29.1 Å². The van der Waals surface area contributed by atoms with E-state index in [1.807, 2.05) is 0 Å². The predicted molar refractivity (Wildman–Crippen MR) is 38.6 cm³/mol. The Hall–Kier alpha value is -0.630. The SMILES string of the molecule is CC1C2C=CC(N2)C1C=O. The molecule has 0 amide bonds. The van der Waals surface area contributed by atoms with Crippen LogP contribution in [0.5, 0.6) is 0 Å². The van der Waals surface area contributed by atoms with Gasteiger partial charge in [0.05, 0.1) is 0 Å². The van der Waals surface area contributed by atoms with Gasteiger partial charge >= 0.3 is 0 Å². The van der Waals surface area contributed by atoms with Crippen molar-refractivity contribution in [2.75, 3.05) is 0 Å². The van der Waals surface area contributed by atoms with Gasteiger partial charge in [0.15, 0.2) is 0 Å². The molecule has 0 aromatic carbocycles. The first-order valence-electron chi connectivity index (χ1n) is 3.72. The van der Waals surface area contributed by atoms with Crippen LogP contribution in [0, 0.1) is 11.8 Å². The van der Waals surface area contributed by atoms with Gasteiger partial charge in [-0.1, -0.05) is 19.1 Å². The molecule has 1 fully saturated rings. The fraction of sp³-hybridized carbons (Fsp3) is 0.625. The molecule has 0 aromatic rings. The van der Waals surface area contributed by atoms with E-state index in [1.165, 1.54) is 0 Å². The third-order valence-electron chi connectivity index (χ3n) is 2.66. The molecular formula is C8H11NO. The van der Waals surface area contributed by atoms with Crippen LogP contribution in [-0.2, 0) is 4.79 Å². The Labute approximate surface area is 60.3 Å². The number of hydrogen-bond acceptors (Lipinski definition) is 2. The summed E-state index contributed by atoms with van der Waals surface area (Å²) < 4.78 is 0. The molecule has 4 atom stereocenters. The maximum Gasteiger partial charge on any atom is 0.125 e. The highest BCUT2D eigenvalue weighted by atomic mass is 16.1. The molecule has 2 aliphatic rings. The minimum absolute atomic E-state index is 0.218. The lowest BCUT2D eigenvalue weighted by Crippen LogP contribution is -2.23. The van der Waals surface area contributed by atoms with Crippen molar-refractivity contribution in [3.63, 3.8) is 0 Å². The largest absolute Gasteiger partial charge is 0.303 e. The summed E-state index contributed by atoms with van der Waals surface area (Å²) in [6.07, 6.45) is 5.34. The zero-order chi connectivity index (χ0) is 7.14. The first-order valence-corrected chi connectivity index (χ1v) is 3.72. The zero-order valence-electron chi connectivity index (χ0n) is 5.95. The lowest BCUT2D eigenvalue weighted by Gasteiger charge is -2.16. The smallest absolute Gasteiger partial charge is 0.125 e. The van der Waals surface area contributed by atoms with E-state index < -0.39 is 0 Å². The molecule has 4 unspecified atom stereocenters. The third kappa shape index (κ3) is 0.598. The highest BCUT2D eigenvalue weighted by molar-refractivity contribution is 5.58. The maximum absolute atomic E-state index is 10.5. The van der Waals surface area contributed by atoms with Crippen LogP contribution in [0.1, 0.15) is 6.92 Å². The van der Waals surface area contributed by atoms with E-state index in [2.05, 4.69) is 24.4 Å². The Bertz CT molecular complexity index is 188. The number of fused-ring (bicyclic) bond motifs is 2. The maximum atomic E-state index is 10.5. The summed E-state index contributed by atoms with van der Waals surface area (Å²) in [5.41, 5.74) is 0. The van der Waals surface area contributed by atoms with E-state index in [-0.39, 0.29) is 5.92 Å². The molecule has 1 saturated heterocycles. The van der Waals surface area contributed by atoms with Crippen molar-refractivity contribution in [1.29, 1.82) is 0 Å². The Morgan fingerprint density at radius 3 is 2.50 bits per heavy atom. The minimum Gasteiger partial charge on any atom is -0.303 e. The summed E-state index contributed by atoms with van der Waals surface area (Å²) in [5.74, 6) is 0.711. The highest BCUT2D eigenvalue weighted by Crippen LogP contribution is 2.31. The summed E-state index contributed by atoms with van der Waals surface area (Å²) in [7, 11) is 0. The van der Waals surface area contributed by atoms with Crippen molar-refractivity contribution in [3.05, 3.63) is 12.2 Å². The van der Waals surface area contributed by atoms with Gasteiger partial charge in [0.25, 0.3) is 0 Å². The lowest BCUT2D eigenvalue weighted by molar-refractivity contribution is -0.112. The van der Waals surface area contributed by atoms with Gasteiger partial charge in [0.2, 0.25) is 0 Å². The van der Waals surface area contributed by atoms with Gasteiger partial charge in [-0.15, -0.1) is 0 Å². The van der Waals surface area contributed by atoms with Crippen molar-refractivity contribution in [2.45, 2.75) is 19.0 Å². The second-order valence-electron chi connectivity index (χ2n) is 3.18. The first kappa shape index (κ1) is 6.10. The molecule has 0 aliphatic carbocycles. The molecule has 2 heteroatoms. The van der Waals surface area contributed by atoms with E-state index in [9.17, 15) is 4.79 Å². The number of nitrogens with one attached hydrogen (secondary N) is 1. The molecule has 0 spiro atoms. The zero-order valence-corrected chi connectivity index (χ0v) is 5.95. The van der Waals surface area contributed by atoms with Crippen LogP contribution in [0.15, 0.2) is 12.2 Å². The molecular weight excluding hydrogens is 126 g/mol. The molecule has 1 N–H and O–H groups in total. The van der Waals surface area contributed by atoms with Crippen LogP contribution in [0.25, 0.3) is 0 Å². The summed E-state index contributed by atoms with van der Waals surface area (Å²) in [6, 6.07) is 0.790. The van der Waals surface area contributed by atoms with Gasteiger partial charge in [0.1, 0.15) is 6.29 Å². The first-order chi connectivity index (χ1) is 4.83. The molecule has 0 radical (unpaired) electrons. The molecule has 2 bridgehead atoms. The Morgan fingerprint density at radius 1 is 1.40 bits per heavy atom. The molecule has 54 valence electrons. The van der Waals surface area contributed by atoms with Gasteiger partial charge in [-0.05, 0) is 5.92 Å². The molecule has 2 aliphatic heterocycles. The van der Waals surface area contributed by atoms with Gasteiger partial charge < -0.3 is 10.1 Å². The fourth-order valence-corrected chi connectivity index (χ4v) is 1.91. The van der Waals surface area contributed by atoms with E-state index in [4.69, 9.17) is 0 Å². The van der Waals surface area contributed by atoms with Crippen LogP contribution in [0.4, 0.5) is 0 Å². The molecule has 2 rings (SSSR count). The van der Waals surface area contributed by atoms with E-state index in [0.717, 1.165) is 6.29 Å². The second-order valence-corrected chi connectivity index (χ2v) is 3.18. The van der Waals surface area contributed by atoms with Gasteiger partial charge in [-0.3, -0.25) is 0 Å². The average Bonchev–Trinajstić information content (AvgIpc) is 2.46. The van der Waals surface area contributed by atoms with E-state index in [1.54, 1.807) is 0 Å². The second kappa shape index (κ2) is 1.92. The summed E-state index contributed by atoms with van der Waals surface area (Å²) in [4.78, 5) is 10.5. The summed E-state index contributed by atoms with van der Waals surface area (Å²) >= 11 is 0. The number of carbonyl (C=O) groups excluding carboxylic acids is 1. The molecule has 0 aromatic heterocycles.